The van der Waals surface area contributed by atoms with E-state index in [9.17, 15) is 9.59 Å². The third-order valence-electron chi connectivity index (χ3n) is 5.19. The summed E-state index contributed by atoms with van der Waals surface area (Å²) in [4.78, 5) is 29.4. The van der Waals surface area contributed by atoms with E-state index in [1.54, 1.807) is 4.57 Å². The Labute approximate surface area is 164 Å². The number of nitrogens with zero attached hydrogens (tertiary/aromatic N) is 2. The Morgan fingerprint density at radius 3 is 2.89 bits per heavy atom. The lowest BCUT2D eigenvalue weighted by molar-refractivity contribution is -0.126. The largest absolute Gasteiger partial charge is 0.356 e. The van der Waals surface area contributed by atoms with E-state index < -0.39 is 6.04 Å². The van der Waals surface area contributed by atoms with Gasteiger partial charge in [0.2, 0.25) is 16.6 Å². The second kappa shape index (κ2) is 8.61. The molecule has 0 radical (unpaired) electrons. The van der Waals surface area contributed by atoms with Crippen molar-refractivity contribution in [2.45, 2.75) is 52.0 Å². The molecule has 2 heterocycles. The molecule has 0 aliphatic carbocycles. The van der Waals surface area contributed by atoms with Crippen LogP contribution in [-0.4, -0.2) is 27.9 Å². The fourth-order valence-corrected chi connectivity index (χ4v) is 3.84. The Kier molecular flexibility index (Phi) is 6.21. The molecule has 144 valence electrons. The van der Waals surface area contributed by atoms with E-state index in [0.29, 0.717) is 23.1 Å². The van der Waals surface area contributed by atoms with Crippen molar-refractivity contribution in [3.05, 3.63) is 29.0 Å². The maximum atomic E-state index is 12.5. The van der Waals surface area contributed by atoms with Gasteiger partial charge in [-0.2, -0.15) is 0 Å². The monoisotopic (exact) mass is 386 g/mol. The number of nitrogens with one attached hydrogen (secondary N) is 2. The van der Waals surface area contributed by atoms with Crippen LogP contribution in [0.1, 0.15) is 52.0 Å². The summed E-state index contributed by atoms with van der Waals surface area (Å²) in [5.41, 5.74) is 0.737. The maximum absolute atomic E-state index is 12.5. The summed E-state index contributed by atoms with van der Waals surface area (Å²) >= 11 is 5.39. The van der Waals surface area contributed by atoms with Gasteiger partial charge in [-0.25, -0.2) is 4.98 Å². The van der Waals surface area contributed by atoms with Gasteiger partial charge in [-0.1, -0.05) is 45.2 Å². The van der Waals surface area contributed by atoms with Gasteiger partial charge in [0.25, 0.3) is 0 Å². The number of benzene rings is 1. The van der Waals surface area contributed by atoms with Crippen molar-refractivity contribution in [2.24, 2.45) is 5.92 Å². The molecule has 6 nitrogen and oxygen atoms in total. The summed E-state index contributed by atoms with van der Waals surface area (Å²) in [6, 6.07) is 6.87. The topological polar surface area (TPSA) is 76.0 Å². The number of amides is 2. The van der Waals surface area contributed by atoms with Crippen LogP contribution in [0.5, 0.6) is 0 Å². The van der Waals surface area contributed by atoms with Gasteiger partial charge < -0.3 is 10.6 Å². The van der Waals surface area contributed by atoms with E-state index in [2.05, 4.69) is 29.5 Å². The molecule has 0 bridgehead atoms. The van der Waals surface area contributed by atoms with E-state index in [0.717, 1.165) is 30.2 Å². The Hall–Kier alpha value is -2.28. The van der Waals surface area contributed by atoms with Crippen LogP contribution in [0.4, 0.5) is 5.82 Å². The highest BCUT2D eigenvalue weighted by molar-refractivity contribution is 7.71. The second-order valence-corrected chi connectivity index (χ2v) is 7.43. The third kappa shape index (κ3) is 4.18. The fourth-order valence-electron chi connectivity index (χ4n) is 3.52. The lowest BCUT2D eigenvalue weighted by Crippen LogP contribution is -2.32. The van der Waals surface area contributed by atoms with Crippen molar-refractivity contribution in [1.82, 2.24) is 14.9 Å². The first-order valence-electron chi connectivity index (χ1n) is 9.64. The first-order valence-corrected chi connectivity index (χ1v) is 10.0. The highest BCUT2D eigenvalue weighted by Crippen LogP contribution is 2.32. The molecule has 2 N–H and O–H groups in total. The Bertz CT molecular complexity index is 908. The quantitative estimate of drug-likeness (QED) is 0.673. The third-order valence-corrected chi connectivity index (χ3v) is 5.48. The van der Waals surface area contributed by atoms with Gasteiger partial charge in [0.05, 0.1) is 11.9 Å². The number of hydrogen-bond acceptors (Lipinski definition) is 4. The van der Waals surface area contributed by atoms with E-state index in [1.165, 1.54) is 6.42 Å². The number of carbonyl (C=O) groups excluding carboxylic acids is 2. The fraction of sp³-hybridized carbons (Fsp3) is 0.500. The summed E-state index contributed by atoms with van der Waals surface area (Å²) in [6.45, 7) is 4.96. The molecule has 3 rings (SSSR count). The Morgan fingerprint density at radius 1 is 1.37 bits per heavy atom. The van der Waals surface area contributed by atoms with Crippen LogP contribution in [0.3, 0.4) is 0 Å². The molecule has 1 aliphatic rings. The predicted octanol–water partition coefficient (Wildman–Crippen LogP) is 3.98. The molecule has 2 aromatic rings. The van der Waals surface area contributed by atoms with Gasteiger partial charge in [0.15, 0.2) is 0 Å². The van der Waals surface area contributed by atoms with Crippen molar-refractivity contribution in [2.75, 3.05) is 11.9 Å². The number of aromatic nitrogens is 2. The SMILES string of the molecule is CCCCC(CC)CNC(=O)CC1C(=O)Nc2c3ccccc3nc(=S)n21. The summed E-state index contributed by atoms with van der Waals surface area (Å²) < 4.78 is 1.99. The molecule has 0 saturated heterocycles. The van der Waals surface area contributed by atoms with Gasteiger partial charge in [0, 0.05) is 11.9 Å². The number of para-hydroxylation sites is 1. The van der Waals surface area contributed by atoms with Gasteiger partial charge in [0.1, 0.15) is 11.9 Å². The first kappa shape index (κ1) is 19.5. The number of unbranched alkanes of at least 4 members (excludes halogenated alkanes) is 1. The summed E-state index contributed by atoms with van der Waals surface area (Å²) in [6.07, 6.45) is 4.54. The molecule has 1 aliphatic heterocycles. The van der Waals surface area contributed by atoms with E-state index >= 15 is 0 Å². The average Bonchev–Trinajstić information content (AvgIpc) is 2.99. The summed E-state index contributed by atoms with van der Waals surface area (Å²) in [7, 11) is 0. The van der Waals surface area contributed by atoms with Crippen LogP contribution >= 0.6 is 12.2 Å². The van der Waals surface area contributed by atoms with Crippen LogP contribution in [0.15, 0.2) is 24.3 Å². The highest BCUT2D eigenvalue weighted by atomic mass is 32.1. The zero-order valence-electron chi connectivity index (χ0n) is 15.8. The number of rotatable bonds is 8. The van der Waals surface area contributed by atoms with Gasteiger partial charge in [-0.15, -0.1) is 0 Å². The van der Waals surface area contributed by atoms with E-state index in [-0.39, 0.29) is 18.2 Å². The van der Waals surface area contributed by atoms with Crippen molar-refractivity contribution >= 4 is 40.8 Å². The van der Waals surface area contributed by atoms with Crippen LogP contribution in [0.2, 0.25) is 0 Å². The zero-order chi connectivity index (χ0) is 19.4. The minimum atomic E-state index is -0.652. The molecule has 2 amide bonds. The Balaban J connectivity index is 1.74. The highest BCUT2D eigenvalue weighted by Gasteiger charge is 2.33. The van der Waals surface area contributed by atoms with Crippen molar-refractivity contribution < 1.29 is 9.59 Å². The smallest absolute Gasteiger partial charge is 0.249 e. The van der Waals surface area contributed by atoms with Gasteiger partial charge >= 0.3 is 0 Å². The number of hydrogen-bond donors (Lipinski definition) is 2. The first-order chi connectivity index (χ1) is 13.0. The minimum absolute atomic E-state index is 0.0668. The molecule has 0 spiro atoms. The van der Waals surface area contributed by atoms with Gasteiger partial charge in [-0.3, -0.25) is 14.2 Å². The molecule has 7 heteroatoms. The summed E-state index contributed by atoms with van der Waals surface area (Å²) in [5, 5.41) is 6.70. The molecular formula is C20H26N4O2S. The van der Waals surface area contributed by atoms with E-state index in [4.69, 9.17) is 12.2 Å². The molecule has 2 unspecified atom stereocenters. The number of carbonyl (C=O) groups is 2. The van der Waals surface area contributed by atoms with Crippen molar-refractivity contribution in [1.29, 1.82) is 0 Å². The molecule has 1 aromatic carbocycles. The molecule has 27 heavy (non-hydrogen) atoms. The second-order valence-electron chi connectivity index (χ2n) is 7.06. The lowest BCUT2D eigenvalue weighted by atomic mass is 9.99. The molecule has 0 saturated carbocycles. The molecule has 0 fully saturated rings. The lowest BCUT2D eigenvalue weighted by Gasteiger charge is -2.17. The van der Waals surface area contributed by atoms with Crippen LogP contribution in [-0.2, 0) is 9.59 Å². The molecular weight excluding hydrogens is 360 g/mol. The standard InChI is InChI=1S/C20H26N4O2S/c1-3-5-8-13(4-2)12-21-17(25)11-16-19(26)23-18-14-9-6-7-10-15(14)22-20(27)24(16)18/h6-7,9-10,13,16H,3-5,8,11-12H2,1-2H3,(H,21,25)(H,23,26). The van der Waals surface area contributed by atoms with Crippen LogP contribution in [0, 0.1) is 10.7 Å². The Morgan fingerprint density at radius 2 is 2.15 bits per heavy atom. The maximum Gasteiger partial charge on any atom is 0.249 e. The van der Waals surface area contributed by atoms with Crippen molar-refractivity contribution in [3.63, 3.8) is 0 Å². The van der Waals surface area contributed by atoms with Crippen LogP contribution < -0.4 is 10.6 Å². The molecule has 1 aromatic heterocycles. The number of fused-ring (bicyclic) bond motifs is 3. The minimum Gasteiger partial charge on any atom is -0.356 e. The van der Waals surface area contributed by atoms with Crippen molar-refractivity contribution in [3.8, 4) is 0 Å². The molecule has 2 atom stereocenters. The normalized spacial score (nSPS) is 16.8. The van der Waals surface area contributed by atoms with E-state index in [1.807, 2.05) is 24.3 Å². The predicted molar refractivity (Wildman–Crippen MR) is 109 cm³/mol. The summed E-state index contributed by atoms with van der Waals surface area (Å²) in [5.74, 6) is 0.759. The zero-order valence-corrected chi connectivity index (χ0v) is 16.6. The van der Waals surface area contributed by atoms with Crippen LogP contribution in [0.25, 0.3) is 10.9 Å². The number of anilines is 1. The van der Waals surface area contributed by atoms with Gasteiger partial charge in [-0.05, 0) is 36.7 Å². The average molecular weight is 387 g/mol.